The van der Waals surface area contributed by atoms with Crippen LogP contribution in [0, 0.1) is 11.6 Å². The van der Waals surface area contributed by atoms with Gasteiger partial charge in [-0.2, -0.15) is 0 Å². The lowest BCUT2D eigenvalue weighted by molar-refractivity contribution is 0.0897. The maximum atomic E-state index is 14.6. The Labute approximate surface area is 190 Å². The van der Waals surface area contributed by atoms with Crippen molar-refractivity contribution in [2.45, 2.75) is 32.2 Å². The third-order valence-electron chi connectivity index (χ3n) is 6.03. The number of hydrogen-bond donors (Lipinski definition) is 1. The average Bonchev–Trinajstić information content (AvgIpc) is 3.20. The normalized spacial score (nSPS) is 15.4. The van der Waals surface area contributed by atoms with Crippen molar-refractivity contribution in [2.24, 2.45) is 0 Å². The average molecular weight is 447 g/mol. The number of carbonyl (C=O) groups is 1. The van der Waals surface area contributed by atoms with Gasteiger partial charge in [0, 0.05) is 28.5 Å². The molecule has 168 valence electrons. The highest BCUT2D eigenvalue weighted by molar-refractivity contribution is 6.03. The van der Waals surface area contributed by atoms with Gasteiger partial charge in [-0.25, -0.2) is 8.78 Å². The Kier molecular flexibility index (Phi) is 5.36. The summed E-state index contributed by atoms with van der Waals surface area (Å²) in [6.45, 7) is 4.41. The Morgan fingerprint density at radius 2 is 1.73 bits per heavy atom. The van der Waals surface area contributed by atoms with Gasteiger partial charge in [0.2, 0.25) is 0 Å². The molecule has 1 atom stereocenters. The van der Waals surface area contributed by atoms with Crippen molar-refractivity contribution in [3.8, 4) is 16.9 Å². The summed E-state index contributed by atoms with van der Waals surface area (Å²) in [5.74, 6) is -0.871. The van der Waals surface area contributed by atoms with Crippen LogP contribution in [0.2, 0.25) is 0 Å². The molecular formula is C27H23F2NO3. The second-order valence-electron chi connectivity index (χ2n) is 8.48. The molecule has 0 radical (unpaired) electrons. The Morgan fingerprint density at radius 3 is 2.48 bits per heavy atom. The zero-order valence-electron chi connectivity index (χ0n) is 18.3. The van der Waals surface area contributed by atoms with Crippen LogP contribution in [-0.4, -0.2) is 12.5 Å². The molecule has 0 aliphatic carbocycles. The van der Waals surface area contributed by atoms with E-state index in [1.165, 1.54) is 18.2 Å². The number of rotatable bonds is 4. The Bertz CT molecular complexity index is 1340. The van der Waals surface area contributed by atoms with Crippen LogP contribution in [0.5, 0.6) is 5.75 Å². The first kappa shape index (κ1) is 21.2. The van der Waals surface area contributed by atoms with Crippen molar-refractivity contribution in [1.82, 2.24) is 5.32 Å². The van der Waals surface area contributed by atoms with E-state index in [0.717, 1.165) is 11.3 Å². The molecule has 1 N–H and O–H groups in total. The maximum absolute atomic E-state index is 14.6. The first-order valence-corrected chi connectivity index (χ1v) is 11.0. The Balaban J connectivity index is 1.61. The highest BCUT2D eigenvalue weighted by atomic mass is 19.1. The van der Waals surface area contributed by atoms with Gasteiger partial charge in [0.25, 0.3) is 5.91 Å². The molecule has 4 nitrogen and oxygen atoms in total. The molecule has 0 saturated carbocycles. The van der Waals surface area contributed by atoms with E-state index < -0.39 is 11.6 Å². The largest absolute Gasteiger partial charge is 0.493 e. The molecule has 1 aromatic heterocycles. The summed E-state index contributed by atoms with van der Waals surface area (Å²) in [6.07, 6.45) is 0.631. The smallest absolute Gasteiger partial charge is 0.287 e. The number of ether oxygens (including phenoxy) is 1. The van der Waals surface area contributed by atoms with Crippen LogP contribution in [0.1, 0.15) is 53.9 Å². The minimum absolute atomic E-state index is 0.0466. The highest BCUT2D eigenvalue weighted by Crippen LogP contribution is 2.39. The summed E-state index contributed by atoms with van der Waals surface area (Å²) in [5, 5.41) is 3.74. The van der Waals surface area contributed by atoms with Crippen molar-refractivity contribution in [2.75, 3.05) is 6.61 Å². The summed E-state index contributed by atoms with van der Waals surface area (Å²) >= 11 is 0. The molecule has 0 fully saturated rings. The SMILES string of the molecule is CC(C)c1c(C(=O)N[C@H]2CCOc3ccccc32)oc2c(-c3c(F)cccc3F)cccc12. The summed E-state index contributed by atoms with van der Waals surface area (Å²) < 4.78 is 40.9. The second-order valence-corrected chi connectivity index (χ2v) is 8.48. The standard InChI is InChI=1S/C27H23F2NO3/c1-15(2)23-17-8-5-9-18(24-19(28)10-6-11-20(24)29)25(17)33-26(23)27(31)30-21-13-14-32-22-12-4-3-7-16(21)22/h3-12,15,21H,13-14H2,1-2H3,(H,30,31)/t21-/m0/s1. The third kappa shape index (κ3) is 3.65. The fraction of sp³-hybridized carbons (Fsp3) is 0.222. The highest BCUT2D eigenvalue weighted by Gasteiger charge is 2.29. The molecular weight excluding hydrogens is 424 g/mol. The van der Waals surface area contributed by atoms with E-state index in [1.807, 2.05) is 44.2 Å². The molecule has 1 amide bonds. The zero-order chi connectivity index (χ0) is 23.1. The topological polar surface area (TPSA) is 51.5 Å². The number of fused-ring (bicyclic) bond motifs is 2. The van der Waals surface area contributed by atoms with Gasteiger partial charge >= 0.3 is 0 Å². The number of carbonyl (C=O) groups excluding carboxylic acids is 1. The monoisotopic (exact) mass is 447 g/mol. The van der Waals surface area contributed by atoms with Crippen molar-refractivity contribution in [3.05, 3.63) is 89.2 Å². The number of halogens is 2. The van der Waals surface area contributed by atoms with E-state index in [2.05, 4.69) is 5.32 Å². The molecule has 33 heavy (non-hydrogen) atoms. The Morgan fingerprint density at radius 1 is 1.00 bits per heavy atom. The maximum Gasteiger partial charge on any atom is 0.287 e. The van der Waals surface area contributed by atoms with Crippen molar-refractivity contribution in [3.63, 3.8) is 0 Å². The minimum Gasteiger partial charge on any atom is -0.493 e. The van der Waals surface area contributed by atoms with E-state index in [0.29, 0.717) is 29.6 Å². The van der Waals surface area contributed by atoms with Crippen LogP contribution in [-0.2, 0) is 0 Å². The summed E-state index contributed by atoms with van der Waals surface area (Å²) in [4.78, 5) is 13.4. The number of hydrogen-bond acceptors (Lipinski definition) is 3. The first-order valence-electron chi connectivity index (χ1n) is 11.0. The molecule has 0 unspecified atom stereocenters. The number of amides is 1. The fourth-order valence-corrected chi connectivity index (χ4v) is 4.55. The van der Waals surface area contributed by atoms with Gasteiger partial charge in [-0.15, -0.1) is 0 Å². The van der Waals surface area contributed by atoms with Gasteiger partial charge in [-0.05, 0) is 24.1 Å². The van der Waals surface area contributed by atoms with Crippen LogP contribution in [0.15, 0.2) is 65.1 Å². The summed E-state index contributed by atoms with van der Waals surface area (Å²) in [7, 11) is 0. The van der Waals surface area contributed by atoms with Gasteiger partial charge in [0.05, 0.1) is 18.2 Å². The van der Waals surface area contributed by atoms with E-state index in [-0.39, 0.29) is 34.8 Å². The molecule has 1 aliphatic rings. The molecule has 4 aromatic rings. The third-order valence-corrected chi connectivity index (χ3v) is 6.03. The van der Waals surface area contributed by atoms with E-state index in [9.17, 15) is 13.6 Å². The lowest BCUT2D eigenvalue weighted by Gasteiger charge is -2.26. The molecule has 3 aromatic carbocycles. The van der Waals surface area contributed by atoms with Gasteiger partial charge < -0.3 is 14.5 Å². The molecule has 5 rings (SSSR count). The Hall–Kier alpha value is -3.67. The van der Waals surface area contributed by atoms with E-state index >= 15 is 0 Å². The van der Waals surface area contributed by atoms with Gasteiger partial charge in [-0.3, -0.25) is 4.79 Å². The minimum atomic E-state index is -0.685. The molecule has 1 aliphatic heterocycles. The quantitative estimate of drug-likeness (QED) is 0.376. The summed E-state index contributed by atoms with van der Waals surface area (Å²) in [5.41, 5.74) is 2.02. The number of nitrogens with one attached hydrogen (secondary N) is 1. The van der Waals surface area contributed by atoms with Crippen LogP contribution >= 0.6 is 0 Å². The van der Waals surface area contributed by atoms with Crippen LogP contribution in [0.4, 0.5) is 8.78 Å². The van der Waals surface area contributed by atoms with Crippen molar-refractivity contribution >= 4 is 16.9 Å². The molecule has 0 bridgehead atoms. The van der Waals surface area contributed by atoms with Gasteiger partial charge in [-0.1, -0.05) is 56.3 Å². The zero-order valence-corrected chi connectivity index (χ0v) is 18.3. The van der Waals surface area contributed by atoms with Gasteiger partial charge in [0.1, 0.15) is 23.0 Å². The number of furan rings is 1. The molecule has 0 spiro atoms. The van der Waals surface area contributed by atoms with Crippen molar-refractivity contribution < 1.29 is 22.7 Å². The predicted molar refractivity (Wildman–Crippen MR) is 122 cm³/mol. The predicted octanol–water partition coefficient (Wildman–Crippen LogP) is 6.76. The van der Waals surface area contributed by atoms with Crippen LogP contribution in [0.3, 0.4) is 0 Å². The van der Waals surface area contributed by atoms with Gasteiger partial charge in [0.15, 0.2) is 5.76 Å². The van der Waals surface area contributed by atoms with E-state index in [4.69, 9.17) is 9.15 Å². The van der Waals surface area contributed by atoms with Crippen LogP contribution < -0.4 is 10.1 Å². The second kappa shape index (κ2) is 8.35. The molecule has 2 heterocycles. The van der Waals surface area contributed by atoms with Crippen molar-refractivity contribution in [1.29, 1.82) is 0 Å². The number of para-hydroxylation sites is 2. The van der Waals surface area contributed by atoms with E-state index in [1.54, 1.807) is 12.1 Å². The summed E-state index contributed by atoms with van der Waals surface area (Å²) in [6, 6.07) is 16.3. The first-order chi connectivity index (χ1) is 16.0. The number of benzene rings is 3. The lowest BCUT2D eigenvalue weighted by Crippen LogP contribution is -2.32. The molecule has 6 heteroatoms. The fourth-order valence-electron chi connectivity index (χ4n) is 4.55. The van der Waals surface area contributed by atoms with Crippen LogP contribution in [0.25, 0.3) is 22.1 Å². The molecule has 0 saturated heterocycles. The lowest BCUT2D eigenvalue weighted by atomic mass is 9.95.